The highest BCUT2D eigenvalue weighted by Crippen LogP contribution is 2.01. The minimum Gasteiger partial charge on any atom is -0.469 e. The van der Waals surface area contributed by atoms with Crippen molar-refractivity contribution in [2.45, 2.75) is 13.8 Å². The van der Waals surface area contributed by atoms with Crippen molar-refractivity contribution >= 4 is 0 Å². The van der Waals surface area contributed by atoms with Crippen molar-refractivity contribution in [3.63, 3.8) is 0 Å². The lowest BCUT2D eigenvalue weighted by Crippen LogP contribution is -2.11. The lowest BCUT2D eigenvalue weighted by atomic mass is 10.4. The minimum atomic E-state index is 1.05. The van der Waals surface area contributed by atoms with Gasteiger partial charge in [-0.3, -0.25) is 0 Å². The van der Waals surface area contributed by atoms with E-state index < -0.39 is 0 Å². The molecule has 8 heavy (non-hydrogen) atoms. The van der Waals surface area contributed by atoms with Crippen LogP contribution >= 0.6 is 0 Å². The van der Waals surface area contributed by atoms with E-state index in [1.54, 1.807) is 12.5 Å². The molecule has 0 unspecified atom stereocenters. The highest BCUT2D eigenvalue weighted by molar-refractivity contribution is 5.07. The maximum atomic E-state index is 4.91. The summed E-state index contributed by atoms with van der Waals surface area (Å²) in [7, 11) is 0. The van der Waals surface area contributed by atoms with Crippen LogP contribution in [-0.4, -0.2) is 0 Å². The molecular weight excluding hydrogens is 102 g/mol. The van der Waals surface area contributed by atoms with Gasteiger partial charge in [0.25, 0.3) is 0 Å². The van der Waals surface area contributed by atoms with Crippen LogP contribution in [0.2, 0.25) is 0 Å². The summed E-state index contributed by atoms with van der Waals surface area (Å²) in [6.45, 7) is 3.91. The Hall–Kier alpha value is -0.920. The van der Waals surface area contributed by atoms with Crippen LogP contribution in [0.5, 0.6) is 0 Å². The third-order valence-corrected chi connectivity index (χ3v) is 0.884. The first-order valence-electron chi connectivity index (χ1n) is 2.55. The van der Waals surface area contributed by atoms with Crippen LogP contribution < -0.4 is 5.32 Å². The molecule has 0 aliphatic carbocycles. The van der Waals surface area contributed by atoms with Gasteiger partial charge in [-0.05, 0) is 13.8 Å². The van der Waals surface area contributed by atoms with Gasteiger partial charge in [0.05, 0.1) is 0 Å². The van der Waals surface area contributed by atoms with Crippen LogP contribution in [0, 0.1) is 0 Å². The number of allylic oxidation sites excluding steroid dienone is 2. The molecule has 1 rings (SSSR count). The predicted octanol–water partition coefficient (Wildman–Crippen LogP) is 1.33. The quantitative estimate of drug-likeness (QED) is 0.509. The molecule has 0 spiro atoms. The minimum absolute atomic E-state index is 1.05. The zero-order valence-electron chi connectivity index (χ0n) is 5.06. The molecular formula is C6H9NO. The fourth-order valence-electron chi connectivity index (χ4n) is 0.608. The van der Waals surface area contributed by atoms with E-state index in [0.29, 0.717) is 0 Å². The average molecular weight is 111 g/mol. The normalized spacial score (nSPS) is 17.8. The van der Waals surface area contributed by atoms with Crippen molar-refractivity contribution in [1.29, 1.82) is 0 Å². The van der Waals surface area contributed by atoms with Gasteiger partial charge >= 0.3 is 0 Å². The second kappa shape index (κ2) is 1.90. The summed E-state index contributed by atoms with van der Waals surface area (Å²) in [5.41, 5.74) is 2.09. The molecule has 2 heteroatoms. The number of ether oxygens (including phenoxy) is 1. The summed E-state index contributed by atoms with van der Waals surface area (Å²) in [6, 6.07) is 0. The zero-order valence-corrected chi connectivity index (χ0v) is 5.06. The van der Waals surface area contributed by atoms with Crippen LogP contribution in [0.15, 0.2) is 23.9 Å². The van der Waals surface area contributed by atoms with Gasteiger partial charge in [0.1, 0.15) is 12.5 Å². The Bertz CT molecular complexity index is 131. The summed E-state index contributed by atoms with van der Waals surface area (Å²) in [6.07, 6.45) is 3.35. The molecule has 1 N–H and O–H groups in total. The monoisotopic (exact) mass is 111 g/mol. The van der Waals surface area contributed by atoms with Crippen LogP contribution in [0.1, 0.15) is 13.8 Å². The molecule has 0 aromatic carbocycles. The van der Waals surface area contributed by atoms with Crippen LogP contribution in [0.4, 0.5) is 0 Å². The van der Waals surface area contributed by atoms with Crippen molar-refractivity contribution in [2.24, 2.45) is 0 Å². The standard InChI is InChI=1S/C6H9NO/c1-5-3-8-4-6(2)7-5/h3-4,7H,1-2H3. The molecule has 1 aliphatic heterocycles. The molecule has 1 aliphatic rings. The van der Waals surface area contributed by atoms with Crippen molar-refractivity contribution in [1.82, 2.24) is 5.32 Å². The summed E-state index contributed by atoms with van der Waals surface area (Å²) in [5.74, 6) is 0. The largest absolute Gasteiger partial charge is 0.469 e. The topological polar surface area (TPSA) is 21.3 Å². The highest BCUT2D eigenvalue weighted by atomic mass is 16.5. The van der Waals surface area contributed by atoms with Gasteiger partial charge < -0.3 is 10.1 Å². The molecule has 0 bridgehead atoms. The predicted molar refractivity (Wildman–Crippen MR) is 31.7 cm³/mol. The Balaban J connectivity index is 2.57. The first kappa shape index (κ1) is 5.22. The summed E-state index contributed by atoms with van der Waals surface area (Å²) in [4.78, 5) is 0. The maximum absolute atomic E-state index is 4.91. The average Bonchev–Trinajstić information content (AvgIpc) is 1.64. The Morgan fingerprint density at radius 1 is 1.25 bits per heavy atom. The molecule has 1 heterocycles. The van der Waals surface area contributed by atoms with Gasteiger partial charge in [-0.2, -0.15) is 0 Å². The molecule has 0 atom stereocenters. The Kier molecular flexibility index (Phi) is 1.24. The molecule has 0 radical (unpaired) electrons. The second-order valence-electron chi connectivity index (χ2n) is 1.86. The summed E-state index contributed by atoms with van der Waals surface area (Å²) < 4.78 is 4.91. The van der Waals surface area contributed by atoms with E-state index in [-0.39, 0.29) is 0 Å². The molecule has 44 valence electrons. The molecule has 0 amide bonds. The smallest absolute Gasteiger partial charge is 0.109 e. The number of hydrogen-bond acceptors (Lipinski definition) is 2. The van der Waals surface area contributed by atoms with E-state index in [9.17, 15) is 0 Å². The van der Waals surface area contributed by atoms with E-state index in [2.05, 4.69) is 5.32 Å². The third kappa shape index (κ3) is 1.03. The van der Waals surface area contributed by atoms with Crippen LogP contribution in [0.3, 0.4) is 0 Å². The molecule has 0 aromatic rings. The van der Waals surface area contributed by atoms with E-state index in [0.717, 1.165) is 11.4 Å². The van der Waals surface area contributed by atoms with E-state index in [1.165, 1.54) is 0 Å². The molecule has 0 aromatic heterocycles. The Morgan fingerprint density at radius 3 is 2.00 bits per heavy atom. The molecule has 2 nitrogen and oxygen atoms in total. The first-order valence-corrected chi connectivity index (χ1v) is 2.55. The van der Waals surface area contributed by atoms with Crippen molar-refractivity contribution < 1.29 is 4.74 Å². The molecule has 0 fully saturated rings. The van der Waals surface area contributed by atoms with Gasteiger partial charge in [-0.1, -0.05) is 0 Å². The van der Waals surface area contributed by atoms with Gasteiger partial charge in [0.2, 0.25) is 0 Å². The Morgan fingerprint density at radius 2 is 1.75 bits per heavy atom. The summed E-state index contributed by atoms with van der Waals surface area (Å²) >= 11 is 0. The van der Waals surface area contributed by atoms with Crippen LogP contribution in [-0.2, 0) is 4.74 Å². The van der Waals surface area contributed by atoms with Crippen molar-refractivity contribution in [2.75, 3.05) is 0 Å². The third-order valence-electron chi connectivity index (χ3n) is 0.884. The number of nitrogens with one attached hydrogen (secondary N) is 1. The highest BCUT2D eigenvalue weighted by Gasteiger charge is 1.94. The number of hydrogen-bond donors (Lipinski definition) is 1. The van der Waals surface area contributed by atoms with Crippen molar-refractivity contribution in [3.05, 3.63) is 23.9 Å². The maximum Gasteiger partial charge on any atom is 0.109 e. The van der Waals surface area contributed by atoms with Crippen molar-refractivity contribution in [3.8, 4) is 0 Å². The zero-order chi connectivity index (χ0) is 5.98. The lowest BCUT2D eigenvalue weighted by molar-refractivity contribution is 0.375. The van der Waals surface area contributed by atoms with Gasteiger partial charge in [0, 0.05) is 11.4 Å². The molecule has 0 saturated carbocycles. The van der Waals surface area contributed by atoms with E-state index >= 15 is 0 Å². The van der Waals surface area contributed by atoms with Gasteiger partial charge in [-0.25, -0.2) is 0 Å². The SMILES string of the molecule is CC1=COC=C(C)N1. The second-order valence-corrected chi connectivity index (χ2v) is 1.86. The summed E-state index contributed by atoms with van der Waals surface area (Å²) in [5, 5.41) is 3.08. The van der Waals surface area contributed by atoms with Gasteiger partial charge in [-0.15, -0.1) is 0 Å². The van der Waals surface area contributed by atoms with Crippen LogP contribution in [0.25, 0.3) is 0 Å². The lowest BCUT2D eigenvalue weighted by Gasteiger charge is -2.10. The van der Waals surface area contributed by atoms with E-state index in [4.69, 9.17) is 4.74 Å². The fourth-order valence-corrected chi connectivity index (χ4v) is 0.608. The first-order chi connectivity index (χ1) is 3.79. The molecule has 0 saturated heterocycles. The van der Waals surface area contributed by atoms with Gasteiger partial charge in [0.15, 0.2) is 0 Å². The van der Waals surface area contributed by atoms with E-state index in [1.807, 2.05) is 13.8 Å². The fraction of sp³-hybridized carbons (Fsp3) is 0.333. The Labute approximate surface area is 48.8 Å². The number of rotatable bonds is 0.